The van der Waals surface area contributed by atoms with Gasteiger partial charge in [0, 0.05) is 6.42 Å². The molecule has 316 valence electrons. The average Bonchev–Trinajstić information content (AvgIpc) is 3.88. The van der Waals surface area contributed by atoms with Crippen molar-refractivity contribution in [2.45, 2.75) is 193 Å². The van der Waals surface area contributed by atoms with Gasteiger partial charge in [0.15, 0.2) is 6.10 Å². The van der Waals surface area contributed by atoms with Gasteiger partial charge in [0.2, 0.25) is 0 Å². The second kappa shape index (κ2) is 33.6. The summed E-state index contributed by atoms with van der Waals surface area (Å²) in [5.74, 6) is -0.314. The third-order valence-corrected chi connectivity index (χ3v) is 10.6. The van der Waals surface area contributed by atoms with Crippen LogP contribution < -0.4 is 4.89 Å². The van der Waals surface area contributed by atoms with Crippen molar-refractivity contribution in [3.8, 4) is 0 Å². The third kappa shape index (κ3) is 33.8. The molecule has 0 aromatic rings. The van der Waals surface area contributed by atoms with Crippen molar-refractivity contribution in [1.29, 1.82) is 0 Å². The van der Waals surface area contributed by atoms with E-state index in [1.165, 1.54) is 83.5 Å². The summed E-state index contributed by atoms with van der Waals surface area (Å²) in [6, 6.07) is 0. The lowest BCUT2D eigenvalue weighted by Gasteiger charge is -2.28. The van der Waals surface area contributed by atoms with Crippen molar-refractivity contribution in [3.63, 3.8) is 0 Å². The van der Waals surface area contributed by atoms with Crippen molar-refractivity contribution in [2.75, 3.05) is 47.5 Å². The van der Waals surface area contributed by atoms with E-state index >= 15 is 0 Å². The van der Waals surface area contributed by atoms with Crippen molar-refractivity contribution in [1.82, 2.24) is 0 Å². The molecule has 1 fully saturated rings. The number of epoxide rings is 1. The minimum atomic E-state index is -4.52. The van der Waals surface area contributed by atoms with Crippen LogP contribution in [0.15, 0.2) is 36.6 Å². The summed E-state index contributed by atoms with van der Waals surface area (Å²) in [7, 11) is 1.34. The van der Waals surface area contributed by atoms with Crippen LogP contribution in [0, 0.1) is 0 Å². The monoisotopic (exact) mass is 784 g/mol. The van der Waals surface area contributed by atoms with E-state index < -0.39 is 13.9 Å². The highest BCUT2D eigenvalue weighted by Gasteiger charge is 2.36. The van der Waals surface area contributed by atoms with Crippen LogP contribution in [0.25, 0.3) is 0 Å². The number of esters is 1. The fourth-order valence-corrected chi connectivity index (χ4v) is 6.79. The predicted molar refractivity (Wildman–Crippen MR) is 221 cm³/mol. The number of ether oxygens (including phenoxy) is 3. The van der Waals surface area contributed by atoms with Gasteiger partial charge >= 0.3 is 5.97 Å². The van der Waals surface area contributed by atoms with Gasteiger partial charge in [-0.2, -0.15) is 0 Å². The Hall–Kier alpha value is -1.48. The zero-order valence-electron chi connectivity index (χ0n) is 35.4. The Bertz CT molecular complexity index is 1030. The van der Waals surface area contributed by atoms with E-state index in [1.807, 2.05) is 27.2 Å². The molecule has 1 aliphatic heterocycles. The molecule has 0 aromatic carbocycles. The highest BCUT2D eigenvalue weighted by atomic mass is 31.2. The van der Waals surface area contributed by atoms with Gasteiger partial charge in [0.1, 0.15) is 19.8 Å². The maximum absolute atomic E-state index is 12.5. The summed E-state index contributed by atoms with van der Waals surface area (Å²) in [6.45, 7) is 4.63. The summed E-state index contributed by atoms with van der Waals surface area (Å²) >= 11 is 0. The first-order chi connectivity index (χ1) is 26.1. The molecule has 0 radical (unpaired) electrons. The molecule has 54 heavy (non-hydrogen) atoms. The van der Waals surface area contributed by atoms with Crippen LogP contribution >= 0.6 is 7.82 Å². The number of phosphoric acid groups is 1. The first-order valence-electron chi connectivity index (χ1n) is 21.9. The van der Waals surface area contributed by atoms with Crippen LogP contribution in [0.2, 0.25) is 0 Å². The first-order valence-corrected chi connectivity index (χ1v) is 23.3. The number of rotatable bonds is 39. The molecule has 0 spiro atoms. The molecule has 1 saturated heterocycles. The van der Waals surface area contributed by atoms with Crippen LogP contribution in [-0.4, -0.2) is 76.3 Å². The SMILES string of the molecule is CCCCC/C=C\CC1OC1CCCCCCCC(=O)OC[C@H](COP(=O)([O-])OCC[N+](C)(C)C)O/C=C/CCCCCC/C=C\CCCCCCCC. The van der Waals surface area contributed by atoms with Gasteiger partial charge in [-0.05, 0) is 76.7 Å². The molecular formula is C44H82NO8P. The number of phosphoric ester groups is 1. The van der Waals surface area contributed by atoms with E-state index in [-0.39, 0.29) is 25.8 Å². The molecule has 1 aliphatic rings. The van der Waals surface area contributed by atoms with Crippen molar-refractivity contribution in [3.05, 3.63) is 36.6 Å². The van der Waals surface area contributed by atoms with Crippen LogP contribution in [-0.2, 0) is 32.6 Å². The zero-order chi connectivity index (χ0) is 39.6. The normalized spacial score (nSPS) is 17.8. The molecule has 0 N–H and O–H groups in total. The number of unbranched alkanes of at least 4 members (excludes halogenated alkanes) is 18. The summed E-state index contributed by atoms with van der Waals surface area (Å²) in [6.07, 6.45) is 41.3. The highest BCUT2D eigenvalue weighted by Crippen LogP contribution is 2.38. The predicted octanol–water partition coefficient (Wildman–Crippen LogP) is 11.3. The second-order valence-electron chi connectivity index (χ2n) is 16.1. The van der Waals surface area contributed by atoms with Gasteiger partial charge in [-0.1, -0.05) is 122 Å². The van der Waals surface area contributed by atoms with Crippen molar-refractivity contribution < 1.29 is 42.0 Å². The summed E-state index contributed by atoms with van der Waals surface area (Å²) in [5, 5.41) is 0. The Kier molecular flexibility index (Phi) is 31.5. The number of hydrogen-bond acceptors (Lipinski definition) is 8. The van der Waals surface area contributed by atoms with Gasteiger partial charge in [-0.15, -0.1) is 0 Å². The fourth-order valence-electron chi connectivity index (χ4n) is 6.06. The average molecular weight is 784 g/mol. The van der Waals surface area contributed by atoms with Gasteiger partial charge in [-0.3, -0.25) is 9.36 Å². The number of carbonyl (C=O) groups excluding carboxylic acids is 1. The quantitative estimate of drug-likeness (QED) is 0.0115. The summed E-state index contributed by atoms with van der Waals surface area (Å²) in [4.78, 5) is 24.9. The topological polar surface area (TPSA) is 107 Å². The number of allylic oxidation sites excluding steroid dienone is 4. The molecule has 3 unspecified atom stereocenters. The standard InChI is InChI=1S/C44H82NO8P/c1-6-8-10-12-14-15-16-17-18-19-20-21-22-23-28-32-37-49-41(40-52-54(47,48)51-38-36-45(3,4)5)39-50-44(46)35-31-27-24-26-30-34-43-42(53-43)33-29-25-13-11-9-7-2/h17-18,25,29,32,37,41-43H,6-16,19-24,26-28,30-31,33-36,38-40H2,1-5H3/b18-17-,29-25-,37-32+/t41-,42?,43?/m1/s1. The third-order valence-electron chi connectivity index (χ3n) is 9.68. The lowest BCUT2D eigenvalue weighted by atomic mass is 10.1. The maximum atomic E-state index is 12.5. The highest BCUT2D eigenvalue weighted by molar-refractivity contribution is 7.45. The lowest BCUT2D eigenvalue weighted by Crippen LogP contribution is -2.37. The van der Waals surface area contributed by atoms with E-state index in [4.69, 9.17) is 23.3 Å². The Morgan fingerprint density at radius 2 is 1.22 bits per heavy atom. The second-order valence-corrected chi connectivity index (χ2v) is 17.6. The smallest absolute Gasteiger partial charge is 0.305 e. The lowest BCUT2D eigenvalue weighted by molar-refractivity contribution is -0.870. The molecule has 0 aromatic heterocycles. The molecule has 9 nitrogen and oxygen atoms in total. The van der Waals surface area contributed by atoms with Gasteiger partial charge in [-0.25, -0.2) is 0 Å². The largest absolute Gasteiger partial charge is 0.756 e. The molecule has 4 atom stereocenters. The van der Waals surface area contributed by atoms with Crippen LogP contribution in [0.3, 0.4) is 0 Å². The Balaban J connectivity index is 2.26. The van der Waals surface area contributed by atoms with Crippen LogP contribution in [0.1, 0.15) is 174 Å². The molecule has 1 heterocycles. The Labute approximate surface area is 331 Å². The molecule has 0 amide bonds. The van der Waals surface area contributed by atoms with E-state index in [1.54, 1.807) is 6.26 Å². The zero-order valence-corrected chi connectivity index (χ0v) is 36.3. The minimum absolute atomic E-state index is 0.0197. The van der Waals surface area contributed by atoms with Crippen LogP contribution in [0.4, 0.5) is 0 Å². The molecule has 0 saturated carbocycles. The summed E-state index contributed by atoms with van der Waals surface area (Å²) in [5.41, 5.74) is 0. The number of likely N-dealkylation sites (N-methyl/N-ethyl adjacent to an activating group) is 1. The number of quaternary nitrogens is 1. The van der Waals surface area contributed by atoms with E-state index in [0.717, 1.165) is 70.6 Å². The fraction of sp³-hybridized carbons (Fsp3) is 0.841. The van der Waals surface area contributed by atoms with Gasteiger partial charge in [0.25, 0.3) is 7.82 Å². The molecule has 1 rings (SSSR count). The molecule has 0 bridgehead atoms. The first kappa shape index (κ1) is 50.5. The van der Waals surface area contributed by atoms with Crippen LogP contribution in [0.5, 0.6) is 0 Å². The van der Waals surface area contributed by atoms with Crippen molar-refractivity contribution >= 4 is 13.8 Å². The van der Waals surface area contributed by atoms with Crippen molar-refractivity contribution in [2.24, 2.45) is 0 Å². The van der Waals surface area contributed by atoms with Gasteiger partial charge < -0.3 is 32.6 Å². The number of nitrogens with zero attached hydrogens (tertiary/aromatic N) is 1. The Morgan fingerprint density at radius 3 is 1.87 bits per heavy atom. The summed E-state index contributed by atoms with van der Waals surface area (Å²) < 4.78 is 40.2. The molecule has 10 heteroatoms. The minimum Gasteiger partial charge on any atom is -0.756 e. The molecular weight excluding hydrogens is 701 g/mol. The van der Waals surface area contributed by atoms with E-state index in [9.17, 15) is 14.3 Å². The maximum Gasteiger partial charge on any atom is 0.305 e. The van der Waals surface area contributed by atoms with E-state index in [0.29, 0.717) is 29.7 Å². The number of hydrogen-bond donors (Lipinski definition) is 0. The van der Waals surface area contributed by atoms with E-state index in [2.05, 4.69) is 38.2 Å². The van der Waals surface area contributed by atoms with Gasteiger partial charge in [0.05, 0.1) is 46.2 Å². The number of carbonyl (C=O) groups is 1. The molecule has 0 aliphatic carbocycles. The Morgan fingerprint density at radius 1 is 0.685 bits per heavy atom.